The van der Waals surface area contributed by atoms with Gasteiger partial charge in [-0.15, -0.1) is 0 Å². The number of anilines is 2. The highest BCUT2D eigenvalue weighted by Crippen LogP contribution is 2.25. The first-order valence-electron chi connectivity index (χ1n) is 6.22. The van der Waals surface area contributed by atoms with Crippen molar-refractivity contribution in [1.82, 2.24) is 5.32 Å². The van der Waals surface area contributed by atoms with Crippen LogP contribution in [0, 0.1) is 0 Å². The summed E-state index contributed by atoms with van der Waals surface area (Å²) in [4.78, 5) is 13.3. The van der Waals surface area contributed by atoms with Crippen LogP contribution in [0.3, 0.4) is 0 Å². The van der Waals surface area contributed by atoms with Gasteiger partial charge in [0.2, 0.25) is 0 Å². The minimum Gasteiger partial charge on any atom is -0.328 e. The van der Waals surface area contributed by atoms with E-state index in [0.29, 0.717) is 11.4 Å². The van der Waals surface area contributed by atoms with Gasteiger partial charge in [0, 0.05) is 0 Å². The molecule has 2 aromatic carbocycles. The lowest BCUT2D eigenvalue weighted by Crippen LogP contribution is -2.41. The maximum atomic E-state index is 12.3. The van der Waals surface area contributed by atoms with Crippen LogP contribution >= 0.6 is 0 Å². The van der Waals surface area contributed by atoms with Crippen molar-refractivity contribution < 1.29 is 18.0 Å². The van der Waals surface area contributed by atoms with Gasteiger partial charge >= 0.3 is 12.2 Å². The van der Waals surface area contributed by atoms with Crippen LogP contribution in [0.15, 0.2) is 60.7 Å². The van der Waals surface area contributed by atoms with E-state index in [-0.39, 0.29) is 0 Å². The first-order chi connectivity index (χ1) is 9.97. The molecule has 2 amide bonds. The Kier molecular flexibility index (Phi) is 4.47. The quantitative estimate of drug-likeness (QED) is 0.908. The molecule has 0 spiro atoms. The number of hydrogen-bond acceptors (Lipinski definition) is 1. The summed E-state index contributed by atoms with van der Waals surface area (Å²) >= 11 is 0. The third-order valence-electron chi connectivity index (χ3n) is 2.67. The molecule has 0 aliphatic heterocycles. The first-order valence-corrected chi connectivity index (χ1v) is 6.22. The zero-order valence-electron chi connectivity index (χ0n) is 11.0. The minimum absolute atomic E-state index is 0.489. The molecule has 2 rings (SSSR count). The largest absolute Gasteiger partial charge is 0.405 e. The monoisotopic (exact) mass is 294 g/mol. The maximum absolute atomic E-state index is 12.3. The van der Waals surface area contributed by atoms with E-state index < -0.39 is 18.8 Å². The highest BCUT2D eigenvalue weighted by molar-refractivity contribution is 5.99. The van der Waals surface area contributed by atoms with Gasteiger partial charge in [0.15, 0.2) is 0 Å². The molecule has 6 heteroatoms. The van der Waals surface area contributed by atoms with Gasteiger partial charge < -0.3 is 5.32 Å². The van der Waals surface area contributed by atoms with Gasteiger partial charge in [0.25, 0.3) is 0 Å². The second-order valence-corrected chi connectivity index (χ2v) is 4.28. The van der Waals surface area contributed by atoms with Crippen molar-refractivity contribution >= 4 is 17.4 Å². The van der Waals surface area contributed by atoms with E-state index in [9.17, 15) is 18.0 Å². The van der Waals surface area contributed by atoms with Crippen LogP contribution in [0.2, 0.25) is 0 Å². The average molecular weight is 294 g/mol. The standard InChI is InChI=1S/C15H13F3N2O/c16-15(17,18)11-19-14(21)20(12-7-3-1-4-8-12)13-9-5-2-6-10-13/h1-10H,11H2,(H,19,21). The van der Waals surface area contributed by atoms with Crippen LogP contribution in [-0.2, 0) is 0 Å². The molecule has 110 valence electrons. The van der Waals surface area contributed by atoms with E-state index in [0.717, 1.165) is 0 Å². The Morgan fingerprint density at radius 3 is 1.71 bits per heavy atom. The molecule has 0 aromatic heterocycles. The number of carbonyl (C=O) groups is 1. The molecular weight excluding hydrogens is 281 g/mol. The molecule has 1 N–H and O–H groups in total. The van der Waals surface area contributed by atoms with Crippen LogP contribution in [0.25, 0.3) is 0 Å². The Balaban J connectivity index is 2.27. The molecular formula is C15H13F3N2O. The number of nitrogens with one attached hydrogen (secondary N) is 1. The lowest BCUT2D eigenvalue weighted by Gasteiger charge is -2.23. The van der Waals surface area contributed by atoms with Gasteiger partial charge in [0.1, 0.15) is 6.54 Å². The number of rotatable bonds is 3. The van der Waals surface area contributed by atoms with Crippen LogP contribution in [0.5, 0.6) is 0 Å². The van der Waals surface area contributed by atoms with Crippen LogP contribution in [0.4, 0.5) is 29.3 Å². The minimum atomic E-state index is -4.45. The van der Waals surface area contributed by atoms with E-state index in [4.69, 9.17) is 0 Å². The number of hydrogen-bond donors (Lipinski definition) is 1. The van der Waals surface area contributed by atoms with Gasteiger partial charge in [-0.1, -0.05) is 36.4 Å². The predicted octanol–water partition coefficient (Wildman–Crippen LogP) is 4.10. The molecule has 0 heterocycles. The summed E-state index contributed by atoms with van der Waals surface area (Å²) in [7, 11) is 0. The van der Waals surface area contributed by atoms with Crippen molar-refractivity contribution in [1.29, 1.82) is 0 Å². The smallest absolute Gasteiger partial charge is 0.328 e. The number of benzene rings is 2. The Morgan fingerprint density at radius 1 is 0.905 bits per heavy atom. The van der Waals surface area contributed by atoms with E-state index in [1.165, 1.54) is 4.90 Å². The second-order valence-electron chi connectivity index (χ2n) is 4.28. The van der Waals surface area contributed by atoms with Crippen molar-refractivity contribution in [3.8, 4) is 0 Å². The van der Waals surface area contributed by atoms with Crippen molar-refractivity contribution in [2.45, 2.75) is 6.18 Å². The van der Waals surface area contributed by atoms with Crippen molar-refractivity contribution in [2.75, 3.05) is 11.4 Å². The van der Waals surface area contributed by atoms with Gasteiger partial charge in [-0.2, -0.15) is 13.2 Å². The van der Waals surface area contributed by atoms with E-state index >= 15 is 0 Å². The van der Waals surface area contributed by atoms with Gasteiger partial charge in [-0.05, 0) is 24.3 Å². The van der Waals surface area contributed by atoms with Crippen LogP contribution in [0.1, 0.15) is 0 Å². The van der Waals surface area contributed by atoms with Crippen molar-refractivity contribution in [2.24, 2.45) is 0 Å². The molecule has 3 nitrogen and oxygen atoms in total. The summed E-state index contributed by atoms with van der Waals surface area (Å²) in [6.45, 7) is -1.37. The lowest BCUT2D eigenvalue weighted by atomic mass is 10.2. The fourth-order valence-corrected chi connectivity index (χ4v) is 1.79. The topological polar surface area (TPSA) is 32.3 Å². The molecule has 0 saturated heterocycles. The summed E-state index contributed by atoms with van der Waals surface area (Å²) in [5.74, 6) is 0. The van der Waals surface area contributed by atoms with Gasteiger partial charge in [0.05, 0.1) is 11.4 Å². The number of alkyl halides is 3. The fourth-order valence-electron chi connectivity index (χ4n) is 1.79. The van der Waals surface area contributed by atoms with Crippen molar-refractivity contribution in [3.63, 3.8) is 0 Å². The normalized spacial score (nSPS) is 11.0. The summed E-state index contributed by atoms with van der Waals surface area (Å²) < 4.78 is 36.8. The fraction of sp³-hybridized carbons (Fsp3) is 0.133. The molecule has 0 unspecified atom stereocenters. The number of halogens is 3. The molecule has 0 aliphatic rings. The van der Waals surface area contributed by atoms with E-state index in [1.807, 2.05) is 5.32 Å². The van der Waals surface area contributed by atoms with E-state index in [2.05, 4.69) is 0 Å². The molecule has 0 bridgehead atoms. The van der Waals surface area contributed by atoms with Crippen LogP contribution < -0.4 is 10.2 Å². The summed E-state index contributed by atoms with van der Waals surface area (Å²) in [5.41, 5.74) is 0.978. The Bertz CT molecular complexity index is 545. The van der Waals surface area contributed by atoms with Crippen LogP contribution in [-0.4, -0.2) is 18.8 Å². The second kappa shape index (κ2) is 6.30. The number of amides is 2. The molecule has 0 radical (unpaired) electrons. The molecule has 0 fully saturated rings. The number of urea groups is 1. The zero-order valence-corrected chi connectivity index (χ0v) is 11.0. The number of para-hydroxylation sites is 2. The molecule has 0 atom stereocenters. The third-order valence-corrected chi connectivity index (χ3v) is 2.67. The third kappa shape index (κ3) is 4.24. The average Bonchev–Trinajstić information content (AvgIpc) is 2.47. The summed E-state index contributed by atoms with van der Waals surface area (Å²) in [6, 6.07) is 16.2. The summed E-state index contributed by atoms with van der Waals surface area (Å²) in [6.07, 6.45) is -4.45. The number of nitrogens with zero attached hydrogens (tertiary/aromatic N) is 1. The molecule has 0 saturated carbocycles. The highest BCUT2D eigenvalue weighted by Gasteiger charge is 2.29. The SMILES string of the molecule is O=C(NCC(F)(F)F)N(c1ccccc1)c1ccccc1. The zero-order chi connectivity index (χ0) is 15.3. The van der Waals surface area contributed by atoms with Crippen molar-refractivity contribution in [3.05, 3.63) is 60.7 Å². The molecule has 21 heavy (non-hydrogen) atoms. The predicted molar refractivity (Wildman–Crippen MR) is 74.5 cm³/mol. The molecule has 2 aromatic rings. The Labute approximate surface area is 120 Å². The summed E-state index contributed by atoms with van der Waals surface area (Å²) in [5, 5.41) is 1.88. The number of carbonyl (C=O) groups excluding carboxylic acids is 1. The Morgan fingerprint density at radius 2 is 1.33 bits per heavy atom. The molecule has 0 aliphatic carbocycles. The lowest BCUT2D eigenvalue weighted by molar-refractivity contribution is -0.122. The van der Waals surface area contributed by atoms with E-state index in [1.54, 1.807) is 60.7 Å². The van der Waals surface area contributed by atoms with Gasteiger partial charge in [-0.25, -0.2) is 4.79 Å². The van der Waals surface area contributed by atoms with Gasteiger partial charge in [-0.3, -0.25) is 4.90 Å². The maximum Gasteiger partial charge on any atom is 0.405 e. The Hall–Kier alpha value is -2.50. The first kappa shape index (κ1) is 14.9. The highest BCUT2D eigenvalue weighted by atomic mass is 19.4.